The average Bonchev–Trinajstić information content (AvgIpc) is 3.05. The van der Waals surface area contributed by atoms with Crippen LogP contribution in [0.2, 0.25) is 0 Å². The Morgan fingerprint density at radius 2 is 1.19 bits per heavy atom. The van der Waals surface area contributed by atoms with E-state index in [1.165, 1.54) is 0 Å². The Hall–Kier alpha value is -1.64. The van der Waals surface area contributed by atoms with Crippen molar-refractivity contribution in [2.75, 3.05) is 0 Å². The molecule has 1 aromatic rings. The molecule has 0 atom stereocenters. The van der Waals surface area contributed by atoms with E-state index in [0.29, 0.717) is 0 Å². The van der Waals surface area contributed by atoms with Gasteiger partial charge in [0.25, 0.3) is 0 Å². The first kappa shape index (κ1) is 10.9. The van der Waals surface area contributed by atoms with E-state index in [2.05, 4.69) is 0 Å². The van der Waals surface area contributed by atoms with Crippen LogP contribution >= 0.6 is 0 Å². The molecule has 0 heterocycles. The molecule has 0 amide bonds. The van der Waals surface area contributed by atoms with Gasteiger partial charge < -0.3 is 0 Å². The molecule has 2 rings (SSSR count). The SMILES string of the molecule is N#CC1(c2c(F)c(F)c(F)c(F)c2F)CC1. The first-order chi connectivity index (χ1) is 7.44. The Bertz CT molecular complexity index is 484. The van der Waals surface area contributed by atoms with Crippen LogP contribution in [0.25, 0.3) is 0 Å². The summed E-state index contributed by atoms with van der Waals surface area (Å²) >= 11 is 0. The quantitative estimate of drug-likeness (QED) is 0.415. The standard InChI is InChI=1S/C10H4F5N/c11-5-4(10(3-16)1-2-10)6(12)8(14)9(15)7(5)13/h1-2H2. The van der Waals surface area contributed by atoms with E-state index < -0.39 is 40.1 Å². The fourth-order valence-electron chi connectivity index (χ4n) is 1.57. The third-order valence-corrected chi connectivity index (χ3v) is 2.65. The summed E-state index contributed by atoms with van der Waals surface area (Å²) in [5, 5.41) is 8.69. The van der Waals surface area contributed by atoms with E-state index in [9.17, 15) is 22.0 Å². The Morgan fingerprint density at radius 1 is 0.812 bits per heavy atom. The zero-order valence-corrected chi connectivity index (χ0v) is 7.75. The molecule has 1 nitrogen and oxygen atoms in total. The second kappa shape index (κ2) is 3.17. The lowest BCUT2D eigenvalue weighted by atomic mass is 9.96. The Morgan fingerprint density at radius 3 is 1.50 bits per heavy atom. The molecule has 0 aromatic heterocycles. The molecule has 0 spiro atoms. The van der Waals surface area contributed by atoms with Gasteiger partial charge in [0.15, 0.2) is 23.3 Å². The van der Waals surface area contributed by atoms with Gasteiger partial charge >= 0.3 is 0 Å². The Labute approximate surface area is 87.1 Å². The molecule has 6 heteroatoms. The van der Waals surface area contributed by atoms with Gasteiger partial charge in [-0.05, 0) is 12.8 Å². The van der Waals surface area contributed by atoms with Gasteiger partial charge in [0, 0.05) is 0 Å². The van der Waals surface area contributed by atoms with Gasteiger partial charge in [-0.15, -0.1) is 0 Å². The Balaban J connectivity index is 2.77. The molecule has 1 aromatic carbocycles. The molecule has 1 fully saturated rings. The van der Waals surface area contributed by atoms with Gasteiger partial charge in [0.05, 0.1) is 17.0 Å². The Kier molecular flexibility index (Phi) is 2.15. The highest BCUT2D eigenvalue weighted by Gasteiger charge is 2.50. The molecule has 16 heavy (non-hydrogen) atoms. The van der Waals surface area contributed by atoms with Crippen LogP contribution in [0.1, 0.15) is 18.4 Å². The first-order valence-corrected chi connectivity index (χ1v) is 4.38. The summed E-state index contributed by atoms with van der Waals surface area (Å²) in [6, 6.07) is 1.59. The molecular weight excluding hydrogens is 229 g/mol. The van der Waals surface area contributed by atoms with Crippen molar-refractivity contribution in [3.8, 4) is 6.07 Å². The lowest BCUT2D eigenvalue weighted by Crippen LogP contribution is -2.15. The summed E-state index contributed by atoms with van der Waals surface area (Å²) in [5.74, 6) is -10.0. The highest BCUT2D eigenvalue weighted by molar-refractivity contribution is 5.41. The van der Waals surface area contributed by atoms with Crippen molar-refractivity contribution in [2.45, 2.75) is 18.3 Å². The highest BCUT2D eigenvalue weighted by atomic mass is 19.2. The molecule has 0 radical (unpaired) electrons. The van der Waals surface area contributed by atoms with Crippen LogP contribution in [0.4, 0.5) is 22.0 Å². The van der Waals surface area contributed by atoms with Crippen LogP contribution < -0.4 is 0 Å². The van der Waals surface area contributed by atoms with Crippen LogP contribution in [-0.2, 0) is 5.41 Å². The predicted octanol–water partition coefficient (Wildman–Crippen LogP) is 2.94. The van der Waals surface area contributed by atoms with Crippen molar-refractivity contribution < 1.29 is 22.0 Å². The minimum atomic E-state index is -2.20. The number of rotatable bonds is 1. The second-order valence-corrected chi connectivity index (χ2v) is 3.64. The van der Waals surface area contributed by atoms with Crippen LogP contribution in [0.5, 0.6) is 0 Å². The summed E-state index contributed by atoms with van der Waals surface area (Å²) in [7, 11) is 0. The molecule has 0 saturated heterocycles. The summed E-state index contributed by atoms with van der Waals surface area (Å²) in [6.07, 6.45) is 0.198. The average molecular weight is 233 g/mol. The number of hydrogen-bond donors (Lipinski definition) is 0. The maximum atomic E-state index is 13.3. The fraction of sp³-hybridized carbons (Fsp3) is 0.300. The number of hydrogen-bond acceptors (Lipinski definition) is 1. The molecule has 0 N–H and O–H groups in total. The summed E-state index contributed by atoms with van der Waals surface area (Å²) < 4.78 is 64.9. The maximum Gasteiger partial charge on any atom is 0.200 e. The monoisotopic (exact) mass is 233 g/mol. The van der Waals surface area contributed by atoms with Crippen molar-refractivity contribution in [1.82, 2.24) is 0 Å². The van der Waals surface area contributed by atoms with Crippen molar-refractivity contribution in [3.63, 3.8) is 0 Å². The molecule has 84 valence electrons. The van der Waals surface area contributed by atoms with Crippen molar-refractivity contribution in [3.05, 3.63) is 34.6 Å². The lowest BCUT2D eigenvalue weighted by Gasteiger charge is -2.11. The predicted molar refractivity (Wildman–Crippen MR) is 42.8 cm³/mol. The smallest absolute Gasteiger partial charge is 0.200 e. The van der Waals surface area contributed by atoms with Crippen LogP contribution in [0, 0.1) is 40.4 Å². The van der Waals surface area contributed by atoms with Gasteiger partial charge in [-0.2, -0.15) is 5.26 Å². The van der Waals surface area contributed by atoms with Gasteiger partial charge in [0.1, 0.15) is 0 Å². The van der Waals surface area contributed by atoms with E-state index in [0.717, 1.165) is 0 Å². The van der Waals surface area contributed by atoms with Gasteiger partial charge in [0.2, 0.25) is 5.82 Å². The molecule has 1 saturated carbocycles. The summed E-state index contributed by atoms with van der Waals surface area (Å²) in [6.45, 7) is 0. The number of nitriles is 1. The second-order valence-electron chi connectivity index (χ2n) is 3.64. The number of benzene rings is 1. The van der Waals surface area contributed by atoms with E-state index in [-0.39, 0.29) is 12.8 Å². The summed E-state index contributed by atoms with van der Waals surface area (Å²) in [4.78, 5) is 0. The fourth-order valence-corrected chi connectivity index (χ4v) is 1.57. The van der Waals surface area contributed by atoms with Gasteiger partial charge in [-0.1, -0.05) is 0 Å². The largest absolute Gasteiger partial charge is 0.203 e. The van der Waals surface area contributed by atoms with Gasteiger partial charge in [-0.3, -0.25) is 0 Å². The normalized spacial score (nSPS) is 17.0. The minimum absolute atomic E-state index is 0.0991. The van der Waals surface area contributed by atoms with Crippen LogP contribution in [-0.4, -0.2) is 0 Å². The lowest BCUT2D eigenvalue weighted by molar-refractivity contribution is 0.366. The molecule has 0 aliphatic heterocycles. The minimum Gasteiger partial charge on any atom is -0.203 e. The van der Waals surface area contributed by atoms with E-state index >= 15 is 0 Å². The van der Waals surface area contributed by atoms with Gasteiger partial charge in [-0.25, -0.2) is 22.0 Å². The zero-order chi connectivity index (χ0) is 12.1. The van der Waals surface area contributed by atoms with E-state index in [1.807, 2.05) is 0 Å². The molecule has 0 bridgehead atoms. The molecule has 1 aliphatic rings. The van der Waals surface area contributed by atoms with Crippen molar-refractivity contribution in [1.29, 1.82) is 5.26 Å². The third kappa shape index (κ3) is 1.21. The molecule has 0 unspecified atom stereocenters. The molecular formula is C10H4F5N. The van der Waals surface area contributed by atoms with Crippen LogP contribution in [0.15, 0.2) is 0 Å². The molecule has 1 aliphatic carbocycles. The summed E-state index contributed by atoms with van der Waals surface area (Å²) in [5.41, 5.74) is -2.56. The topological polar surface area (TPSA) is 23.8 Å². The first-order valence-electron chi connectivity index (χ1n) is 4.38. The van der Waals surface area contributed by atoms with E-state index in [4.69, 9.17) is 5.26 Å². The zero-order valence-electron chi connectivity index (χ0n) is 7.75. The highest BCUT2D eigenvalue weighted by Crippen LogP contribution is 2.50. The van der Waals surface area contributed by atoms with E-state index in [1.54, 1.807) is 6.07 Å². The van der Waals surface area contributed by atoms with Crippen LogP contribution in [0.3, 0.4) is 0 Å². The van der Waals surface area contributed by atoms with Crippen molar-refractivity contribution in [2.24, 2.45) is 0 Å². The number of nitrogens with zero attached hydrogens (tertiary/aromatic N) is 1. The maximum absolute atomic E-state index is 13.3. The van der Waals surface area contributed by atoms with Crippen molar-refractivity contribution >= 4 is 0 Å². The number of halogens is 5. The third-order valence-electron chi connectivity index (χ3n) is 2.65.